The highest BCUT2D eigenvalue weighted by Crippen LogP contribution is 2.20. The Hall–Kier alpha value is -2.56. The summed E-state index contributed by atoms with van der Waals surface area (Å²) in [6, 6.07) is 13.7. The lowest BCUT2D eigenvalue weighted by Crippen LogP contribution is -2.48. The largest absolute Gasteiger partial charge is 0.344 e. The monoisotopic (exact) mass is 518 g/mol. The number of nitrogens with zero attached hydrogens (tertiary/aromatic N) is 4. The van der Waals surface area contributed by atoms with Crippen LogP contribution in [-0.2, 0) is 6.42 Å². The van der Waals surface area contributed by atoms with E-state index in [1.165, 1.54) is 23.7 Å². The Bertz CT molecular complexity index is 1020. The minimum Gasteiger partial charge on any atom is -0.344 e. The first kappa shape index (κ1) is 22.6. The molecule has 168 valence electrons. The quantitative estimate of drug-likeness (QED) is 0.494. The van der Waals surface area contributed by atoms with Crippen LogP contribution in [-0.4, -0.2) is 59.6 Å². The van der Waals surface area contributed by atoms with Crippen LogP contribution in [0.5, 0.6) is 0 Å². The molecule has 32 heavy (non-hydrogen) atoms. The molecule has 1 aliphatic heterocycles. The van der Waals surface area contributed by atoms with Crippen molar-refractivity contribution < 1.29 is 9.18 Å². The van der Waals surface area contributed by atoms with Crippen LogP contribution in [0.2, 0.25) is 0 Å². The Balaban J connectivity index is 1.17. The number of rotatable bonds is 7. The number of carbonyl (C=O) groups is 1. The van der Waals surface area contributed by atoms with Crippen molar-refractivity contribution in [1.82, 2.24) is 19.6 Å². The van der Waals surface area contributed by atoms with Crippen molar-refractivity contribution in [2.75, 3.05) is 49.5 Å². The SMILES string of the molecule is O=C(NCCN1CCN(c2nc(Cc3ccc(F)cc3)ns2)CC1)Nc1ccc(Br)cc1. The number of carbonyl (C=O) groups excluding carboxylic acids is 1. The molecular formula is C22H24BrFN6OS. The van der Waals surface area contributed by atoms with Crippen molar-refractivity contribution >= 4 is 44.3 Å². The third-order valence-electron chi connectivity index (χ3n) is 5.19. The molecule has 0 radical (unpaired) electrons. The van der Waals surface area contributed by atoms with Gasteiger partial charge in [0.2, 0.25) is 5.13 Å². The first-order valence-electron chi connectivity index (χ1n) is 10.4. The second kappa shape index (κ2) is 10.8. The maximum Gasteiger partial charge on any atom is 0.319 e. The van der Waals surface area contributed by atoms with E-state index in [9.17, 15) is 9.18 Å². The van der Waals surface area contributed by atoms with Gasteiger partial charge in [0.05, 0.1) is 0 Å². The maximum atomic E-state index is 13.1. The third kappa shape index (κ3) is 6.47. The van der Waals surface area contributed by atoms with Crippen molar-refractivity contribution in [2.45, 2.75) is 6.42 Å². The zero-order valence-corrected chi connectivity index (χ0v) is 19.8. The normalized spacial score (nSPS) is 14.4. The first-order valence-corrected chi connectivity index (χ1v) is 12.0. The van der Waals surface area contributed by atoms with Crippen LogP contribution in [0.3, 0.4) is 0 Å². The Morgan fingerprint density at radius 3 is 2.50 bits per heavy atom. The van der Waals surface area contributed by atoms with Crippen LogP contribution < -0.4 is 15.5 Å². The molecule has 2 N–H and O–H groups in total. The predicted molar refractivity (Wildman–Crippen MR) is 129 cm³/mol. The van der Waals surface area contributed by atoms with Gasteiger partial charge in [-0.2, -0.15) is 4.37 Å². The first-order chi connectivity index (χ1) is 15.5. The fourth-order valence-electron chi connectivity index (χ4n) is 3.43. The van der Waals surface area contributed by atoms with Crippen LogP contribution in [0.1, 0.15) is 11.4 Å². The van der Waals surface area contributed by atoms with Crippen molar-refractivity contribution in [3.63, 3.8) is 0 Å². The predicted octanol–water partition coefficient (Wildman–Crippen LogP) is 3.97. The van der Waals surface area contributed by atoms with Gasteiger partial charge in [-0.15, -0.1) is 0 Å². The van der Waals surface area contributed by atoms with E-state index in [2.05, 4.69) is 45.7 Å². The second-order valence-electron chi connectivity index (χ2n) is 7.51. The van der Waals surface area contributed by atoms with E-state index in [1.807, 2.05) is 24.3 Å². The Labute approximate surface area is 198 Å². The molecule has 2 amide bonds. The van der Waals surface area contributed by atoms with E-state index in [0.29, 0.717) is 13.0 Å². The maximum absolute atomic E-state index is 13.1. The summed E-state index contributed by atoms with van der Waals surface area (Å²) in [7, 11) is 0. The molecule has 1 aliphatic rings. The van der Waals surface area contributed by atoms with Crippen molar-refractivity contribution in [3.05, 3.63) is 70.2 Å². The zero-order valence-electron chi connectivity index (χ0n) is 17.4. The van der Waals surface area contributed by atoms with Gasteiger partial charge in [-0.1, -0.05) is 28.1 Å². The Morgan fingerprint density at radius 1 is 1.06 bits per heavy atom. The fourth-order valence-corrected chi connectivity index (χ4v) is 4.43. The van der Waals surface area contributed by atoms with E-state index in [1.54, 1.807) is 12.1 Å². The lowest BCUT2D eigenvalue weighted by Gasteiger charge is -2.34. The summed E-state index contributed by atoms with van der Waals surface area (Å²) in [6.45, 7) is 4.94. The van der Waals surface area contributed by atoms with E-state index in [4.69, 9.17) is 0 Å². The van der Waals surface area contributed by atoms with Crippen LogP contribution in [0.15, 0.2) is 53.0 Å². The number of amides is 2. The molecular weight excluding hydrogens is 495 g/mol. The van der Waals surface area contributed by atoms with Gasteiger partial charge in [-0.05, 0) is 42.0 Å². The van der Waals surface area contributed by atoms with E-state index < -0.39 is 0 Å². The second-order valence-corrected chi connectivity index (χ2v) is 9.16. The number of urea groups is 1. The number of aromatic nitrogens is 2. The van der Waals surface area contributed by atoms with Gasteiger partial charge in [0.15, 0.2) is 0 Å². The molecule has 0 atom stereocenters. The molecule has 0 saturated carbocycles. The summed E-state index contributed by atoms with van der Waals surface area (Å²) >= 11 is 4.79. The molecule has 1 aromatic heterocycles. The van der Waals surface area contributed by atoms with E-state index in [-0.39, 0.29) is 11.8 Å². The van der Waals surface area contributed by atoms with E-state index >= 15 is 0 Å². The standard InChI is InChI=1S/C22H24BrFN6OS/c23-17-3-7-19(8-4-17)26-21(31)25-9-10-29-11-13-30(14-12-29)22-27-20(28-32-22)15-16-1-5-18(24)6-2-16/h1-8H,9-15H2,(H2,25,26,31). The van der Waals surface area contributed by atoms with Crippen LogP contribution >= 0.6 is 27.5 Å². The fraction of sp³-hybridized carbons (Fsp3) is 0.318. The molecule has 2 heterocycles. The summed E-state index contributed by atoms with van der Waals surface area (Å²) < 4.78 is 18.5. The highest BCUT2D eigenvalue weighted by molar-refractivity contribution is 9.10. The number of piperazine rings is 1. The topological polar surface area (TPSA) is 73.4 Å². The lowest BCUT2D eigenvalue weighted by molar-refractivity contribution is 0.240. The molecule has 4 rings (SSSR count). The molecule has 0 spiro atoms. The minimum absolute atomic E-state index is 0.200. The molecule has 0 bridgehead atoms. The number of halogens is 2. The number of anilines is 2. The Kier molecular flexibility index (Phi) is 7.67. The molecule has 10 heteroatoms. The molecule has 3 aromatic rings. The van der Waals surface area contributed by atoms with Gasteiger partial charge in [0.1, 0.15) is 11.6 Å². The molecule has 1 saturated heterocycles. The van der Waals surface area contributed by atoms with Gasteiger partial charge in [-0.3, -0.25) is 4.90 Å². The highest BCUT2D eigenvalue weighted by Gasteiger charge is 2.20. The smallest absolute Gasteiger partial charge is 0.319 e. The highest BCUT2D eigenvalue weighted by atomic mass is 79.9. The summed E-state index contributed by atoms with van der Waals surface area (Å²) in [5.74, 6) is 0.527. The molecule has 0 unspecified atom stereocenters. The Morgan fingerprint density at radius 2 is 1.78 bits per heavy atom. The average molecular weight is 519 g/mol. The minimum atomic E-state index is -0.237. The van der Waals surface area contributed by atoms with Crippen LogP contribution in [0.25, 0.3) is 0 Å². The number of nitrogens with one attached hydrogen (secondary N) is 2. The van der Waals surface area contributed by atoms with Gasteiger partial charge in [0.25, 0.3) is 0 Å². The van der Waals surface area contributed by atoms with Crippen molar-refractivity contribution in [3.8, 4) is 0 Å². The summed E-state index contributed by atoms with van der Waals surface area (Å²) in [5, 5.41) is 6.66. The zero-order chi connectivity index (χ0) is 22.3. The van der Waals surface area contributed by atoms with Gasteiger partial charge in [-0.25, -0.2) is 14.2 Å². The van der Waals surface area contributed by atoms with Crippen molar-refractivity contribution in [1.29, 1.82) is 0 Å². The number of benzene rings is 2. The van der Waals surface area contributed by atoms with Gasteiger partial charge in [0, 0.05) is 67.4 Å². The summed E-state index contributed by atoms with van der Waals surface area (Å²) in [4.78, 5) is 21.3. The molecule has 7 nitrogen and oxygen atoms in total. The average Bonchev–Trinajstić information content (AvgIpc) is 3.26. The lowest BCUT2D eigenvalue weighted by atomic mass is 10.1. The van der Waals surface area contributed by atoms with Gasteiger partial charge >= 0.3 is 6.03 Å². The molecule has 1 fully saturated rings. The molecule has 0 aliphatic carbocycles. The number of hydrogen-bond donors (Lipinski definition) is 2. The van der Waals surface area contributed by atoms with Crippen LogP contribution in [0.4, 0.5) is 20.0 Å². The van der Waals surface area contributed by atoms with Gasteiger partial charge < -0.3 is 15.5 Å². The summed E-state index contributed by atoms with van der Waals surface area (Å²) in [5.41, 5.74) is 1.76. The van der Waals surface area contributed by atoms with E-state index in [0.717, 1.165) is 59.4 Å². The van der Waals surface area contributed by atoms with Crippen molar-refractivity contribution in [2.24, 2.45) is 0 Å². The summed E-state index contributed by atoms with van der Waals surface area (Å²) in [6.07, 6.45) is 0.602. The third-order valence-corrected chi connectivity index (χ3v) is 6.53. The number of hydrogen-bond acceptors (Lipinski definition) is 6. The van der Waals surface area contributed by atoms with Crippen LogP contribution in [0, 0.1) is 5.82 Å². The molecule has 2 aromatic carbocycles.